The van der Waals surface area contributed by atoms with Crippen LogP contribution >= 0.6 is 23.1 Å². The van der Waals surface area contributed by atoms with Gasteiger partial charge in [-0.15, -0.1) is 23.1 Å². The molecule has 3 aromatic rings. The fourth-order valence-electron chi connectivity index (χ4n) is 7.36. The van der Waals surface area contributed by atoms with Crippen molar-refractivity contribution in [3.05, 3.63) is 100 Å². The van der Waals surface area contributed by atoms with Crippen LogP contribution in [0.1, 0.15) is 95.8 Å². The monoisotopic (exact) mass is 817 g/mol. The van der Waals surface area contributed by atoms with Gasteiger partial charge in [0.2, 0.25) is 11.8 Å². The highest BCUT2D eigenvalue weighted by Crippen LogP contribution is 2.47. The molecule has 57 heavy (non-hydrogen) atoms. The quantitative estimate of drug-likeness (QED) is 0.0234. The number of hydrogen-bond donors (Lipinski definition) is 4. The number of aromatic hydroxyl groups is 1. The minimum atomic E-state index is -1.19. The number of thioether (sulfide) groups is 1. The second-order valence-corrected chi connectivity index (χ2v) is 17.7. The number of aryl methyl sites for hydroxylation is 1. The van der Waals surface area contributed by atoms with Crippen molar-refractivity contribution in [2.75, 3.05) is 12.8 Å². The lowest BCUT2D eigenvalue weighted by atomic mass is 9.73. The van der Waals surface area contributed by atoms with Gasteiger partial charge in [-0.1, -0.05) is 93.8 Å². The van der Waals surface area contributed by atoms with E-state index in [1.54, 1.807) is 12.1 Å². The Bertz CT molecular complexity index is 1840. The van der Waals surface area contributed by atoms with Crippen molar-refractivity contribution in [1.29, 1.82) is 0 Å². The minimum absolute atomic E-state index is 0.0115. The zero-order valence-corrected chi connectivity index (χ0v) is 35.7. The number of carbonyl (C=O) groups excluding carboxylic acids is 4. The number of thiophene rings is 1. The molecular formula is C45H59N3O7S2. The lowest BCUT2D eigenvalue weighted by Crippen LogP contribution is -2.51. The molecule has 0 spiro atoms. The van der Waals surface area contributed by atoms with E-state index in [4.69, 9.17) is 9.57 Å². The van der Waals surface area contributed by atoms with Crippen LogP contribution < -0.4 is 20.9 Å². The van der Waals surface area contributed by atoms with Gasteiger partial charge >= 0.3 is 6.16 Å². The second-order valence-electron chi connectivity index (χ2n) is 15.4. The first-order valence-electron chi connectivity index (χ1n) is 19.9. The molecule has 2 aromatic carbocycles. The Morgan fingerprint density at radius 1 is 1.00 bits per heavy atom. The van der Waals surface area contributed by atoms with Gasteiger partial charge < -0.3 is 25.3 Å². The lowest BCUT2D eigenvalue weighted by Gasteiger charge is -2.32. The maximum atomic E-state index is 14.2. The van der Waals surface area contributed by atoms with Crippen LogP contribution in [0, 0.1) is 23.7 Å². The number of unbranched alkanes of at least 4 members (excludes halogenated alkanes) is 2. The number of nitrogens with one attached hydrogen (secondary N) is 3. The molecule has 4 N–H and O–H groups in total. The fraction of sp³-hybridized carbons (Fsp3) is 0.467. The molecule has 1 aliphatic carbocycles. The summed E-state index contributed by atoms with van der Waals surface area (Å²) >= 11 is 2.94. The van der Waals surface area contributed by atoms with Crippen LogP contribution in [0.15, 0.2) is 88.0 Å². The van der Waals surface area contributed by atoms with Gasteiger partial charge in [0.15, 0.2) is 0 Å². The topological polar surface area (TPSA) is 143 Å². The molecule has 1 heterocycles. The molecule has 308 valence electrons. The zero-order valence-electron chi connectivity index (χ0n) is 34.1. The van der Waals surface area contributed by atoms with E-state index in [-0.39, 0.29) is 47.3 Å². The number of benzene rings is 2. The average Bonchev–Trinajstić information content (AvgIpc) is 3.70. The van der Waals surface area contributed by atoms with Crippen molar-refractivity contribution in [2.45, 2.75) is 102 Å². The average molecular weight is 818 g/mol. The van der Waals surface area contributed by atoms with Crippen LogP contribution in [-0.4, -0.2) is 47.8 Å². The Morgan fingerprint density at radius 2 is 1.75 bits per heavy atom. The van der Waals surface area contributed by atoms with Gasteiger partial charge in [0.1, 0.15) is 17.5 Å². The van der Waals surface area contributed by atoms with Gasteiger partial charge in [-0.3, -0.25) is 14.4 Å². The van der Waals surface area contributed by atoms with E-state index in [2.05, 4.69) is 35.7 Å². The SMILES string of the molecule is C=C(C)C1CCC(C)=CC1c1c(O)cc(CCCCC)cc1OC(=O)ONC(=O)[C@@H](CSc1cccs1)[C@@H](CC(C)C)C(=O)N[C@@H](Cc1ccccc1)C(=O)NC. The van der Waals surface area contributed by atoms with Crippen LogP contribution in [0.4, 0.5) is 4.79 Å². The summed E-state index contributed by atoms with van der Waals surface area (Å²) in [6, 6.07) is 15.9. The van der Waals surface area contributed by atoms with Crippen LogP contribution in [-0.2, 0) is 32.1 Å². The summed E-state index contributed by atoms with van der Waals surface area (Å²) in [4.78, 5) is 60.1. The maximum absolute atomic E-state index is 14.2. The summed E-state index contributed by atoms with van der Waals surface area (Å²) in [6.45, 7) is 14.3. The van der Waals surface area contributed by atoms with E-state index in [1.807, 2.05) is 75.5 Å². The molecule has 0 bridgehead atoms. The molecule has 3 amide bonds. The van der Waals surface area contributed by atoms with Crippen molar-refractivity contribution in [3.8, 4) is 11.5 Å². The highest BCUT2D eigenvalue weighted by molar-refractivity contribution is 8.01. The van der Waals surface area contributed by atoms with Gasteiger partial charge in [0.05, 0.1) is 16.0 Å². The zero-order chi connectivity index (χ0) is 41.5. The first-order valence-corrected chi connectivity index (χ1v) is 21.8. The number of hydrogen-bond acceptors (Lipinski definition) is 9. The number of allylic oxidation sites excluding steroid dienone is 3. The van der Waals surface area contributed by atoms with E-state index < -0.39 is 35.8 Å². The molecule has 0 radical (unpaired) electrons. The van der Waals surface area contributed by atoms with Gasteiger partial charge in [-0.25, -0.2) is 4.79 Å². The van der Waals surface area contributed by atoms with E-state index in [9.17, 15) is 24.3 Å². The first kappa shape index (κ1) is 45.2. The number of ether oxygens (including phenoxy) is 1. The van der Waals surface area contributed by atoms with Crippen LogP contribution in [0.3, 0.4) is 0 Å². The Morgan fingerprint density at radius 3 is 2.40 bits per heavy atom. The molecule has 0 aliphatic heterocycles. The van der Waals surface area contributed by atoms with Gasteiger partial charge in [-0.2, -0.15) is 5.48 Å². The standard InChI is InChI=1S/C45H59N3O7S2/c1-8-9-11-17-32-25-38(49)41(34-23-30(6)19-20-33(34)29(4)5)39(26-32)54-45(53)55-48-43(51)36(27-57-40-18-14-21-56-40)35(22-28(2)3)42(50)47-37(44(52)46-7)24-31-15-12-10-13-16-31/h10,12-16,18,21,23,25-26,28,33-37,49H,4,8-9,11,17,19-20,22,24,27H2,1-3,5-7H3,(H,46,52)(H,47,50)(H,48,51)/t33?,34?,35-,36+,37+/m1/s1. The highest BCUT2D eigenvalue weighted by Gasteiger charge is 2.37. The van der Waals surface area contributed by atoms with E-state index in [0.717, 1.165) is 58.6 Å². The molecule has 5 atom stereocenters. The van der Waals surface area contributed by atoms with Crippen LogP contribution in [0.25, 0.3) is 0 Å². The summed E-state index contributed by atoms with van der Waals surface area (Å²) in [7, 11) is 1.52. The molecule has 4 rings (SSSR count). The molecule has 12 heteroatoms. The van der Waals surface area contributed by atoms with Crippen molar-refractivity contribution in [3.63, 3.8) is 0 Å². The van der Waals surface area contributed by atoms with E-state index in [1.165, 1.54) is 30.1 Å². The fourth-order valence-corrected chi connectivity index (χ4v) is 9.35. The Balaban J connectivity index is 1.60. The first-order chi connectivity index (χ1) is 27.3. The normalized spacial score (nSPS) is 16.8. The molecular weight excluding hydrogens is 759 g/mol. The van der Waals surface area contributed by atoms with Gasteiger partial charge in [-0.05, 0) is 92.5 Å². The Hall–Kier alpha value is -4.55. The molecule has 0 saturated heterocycles. The predicted molar refractivity (Wildman–Crippen MR) is 228 cm³/mol. The minimum Gasteiger partial charge on any atom is -0.507 e. The number of phenolic OH excluding ortho intramolecular Hbond substituents is 1. The number of hydroxylamine groups is 1. The molecule has 1 aliphatic rings. The smallest absolute Gasteiger partial charge is 0.507 e. The molecule has 1 aromatic heterocycles. The third-order valence-corrected chi connectivity index (χ3v) is 12.6. The summed E-state index contributed by atoms with van der Waals surface area (Å²) in [5.41, 5.74) is 6.58. The Labute approximate surface area is 346 Å². The number of likely N-dealkylation sites (N-methyl/N-ethyl adjacent to an activating group) is 1. The van der Waals surface area contributed by atoms with Gasteiger partial charge in [0.25, 0.3) is 5.91 Å². The second kappa shape index (κ2) is 22.4. The Kier molecular flexibility index (Phi) is 17.7. The summed E-state index contributed by atoms with van der Waals surface area (Å²) in [5.74, 6) is -3.19. The van der Waals surface area contributed by atoms with Crippen molar-refractivity contribution >= 4 is 47.0 Å². The number of carbonyl (C=O) groups is 4. The predicted octanol–water partition coefficient (Wildman–Crippen LogP) is 9.29. The number of rotatable bonds is 19. The van der Waals surface area contributed by atoms with Crippen LogP contribution in [0.5, 0.6) is 11.5 Å². The summed E-state index contributed by atoms with van der Waals surface area (Å²) in [6.07, 6.45) is 6.86. The largest absolute Gasteiger partial charge is 0.538 e. The molecule has 0 saturated carbocycles. The van der Waals surface area contributed by atoms with Crippen molar-refractivity contribution in [2.24, 2.45) is 23.7 Å². The van der Waals surface area contributed by atoms with Crippen molar-refractivity contribution < 1.29 is 33.9 Å². The third-order valence-electron chi connectivity index (χ3n) is 10.3. The van der Waals surface area contributed by atoms with Gasteiger partial charge in [0, 0.05) is 30.7 Å². The molecule has 10 nitrogen and oxygen atoms in total. The van der Waals surface area contributed by atoms with E-state index >= 15 is 0 Å². The lowest BCUT2D eigenvalue weighted by molar-refractivity contribution is -0.141. The van der Waals surface area contributed by atoms with Crippen molar-refractivity contribution in [1.82, 2.24) is 16.1 Å². The van der Waals surface area contributed by atoms with Crippen LogP contribution in [0.2, 0.25) is 0 Å². The number of phenols is 1. The number of amides is 3. The third kappa shape index (κ3) is 13.5. The summed E-state index contributed by atoms with van der Waals surface area (Å²) < 4.78 is 6.79. The summed E-state index contributed by atoms with van der Waals surface area (Å²) in [5, 5.41) is 19.0. The molecule has 0 fully saturated rings. The molecule has 2 unspecified atom stereocenters. The van der Waals surface area contributed by atoms with E-state index in [0.29, 0.717) is 18.4 Å². The highest BCUT2D eigenvalue weighted by atomic mass is 32.2. The maximum Gasteiger partial charge on any atom is 0.538 e.